The third-order valence-electron chi connectivity index (χ3n) is 11.7. The maximum absolute atomic E-state index is 6.86. The van der Waals surface area contributed by atoms with Crippen molar-refractivity contribution in [2.45, 2.75) is 0 Å². The molecule has 0 fully saturated rings. The molecule has 0 saturated heterocycles. The summed E-state index contributed by atoms with van der Waals surface area (Å²) >= 11 is 0. The normalized spacial score (nSPS) is 11.9. The molecule has 0 aliphatic heterocycles. The fourth-order valence-electron chi connectivity index (χ4n) is 9.08. The quantitative estimate of drug-likeness (QED) is 0.170. The van der Waals surface area contributed by atoms with E-state index in [-0.39, 0.29) is 0 Å². The number of para-hydroxylation sites is 4. The summed E-state index contributed by atoms with van der Waals surface area (Å²) in [5.41, 5.74) is 12.5. The third kappa shape index (κ3) is 4.57. The van der Waals surface area contributed by atoms with E-state index in [9.17, 15) is 0 Å². The Morgan fingerprint density at radius 1 is 0.196 bits per heavy atom. The van der Waals surface area contributed by atoms with Crippen molar-refractivity contribution in [2.24, 2.45) is 0 Å². The highest BCUT2D eigenvalue weighted by molar-refractivity contribution is 6.27. The zero-order chi connectivity index (χ0) is 36.7. The first-order chi connectivity index (χ1) is 27.8. The van der Waals surface area contributed by atoms with E-state index in [1.165, 1.54) is 32.3 Å². The van der Waals surface area contributed by atoms with E-state index in [1.54, 1.807) is 0 Å². The fraction of sp³-hybridized carbons (Fsp3) is 0. The van der Waals surface area contributed by atoms with E-state index >= 15 is 0 Å². The lowest BCUT2D eigenvalue weighted by molar-refractivity contribution is 0.670. The van der Waals surface area contributed by atoms with Crippen molar-refractivity contribution < 1.29 is 8.83 Å². The topological polar surface area (TPSA) is 26.3 Å². The summed E-state index contributed by atoms with van der Waals surface area (Å²) in [6.45, 7) is 0. The first-order valence-corrected chi connectivity index (χ1v) is 19.2. The van der Waals surface area contributed by atoms with E-state index in [0.29, 0.717) is 0 Å². The second-order valence-corrected chi connectivity index (χ2v) is 14.7. The molecule has 0 radical (unpaired) electrons. The Balaban J connectivity index is 1.09. The van der Waals surface area contributed by atoms with Crippen molar-refractivity contribution in [3.8, 4) is 44.5 Å². The van der Waals surface area contributed by atoms with Gasteiger partial charge in [0.2, 0.25) is 0 Å². The Morgan fingerprint density at radius 3 is 0.875 bits per heavy atom. The SMILES string of the molecule is c1ccc(-c2cccc3c2oc2c(-c4ccc5c6ccccc6c6ccc(-c7cccc8c7oc7c(-c9ccccc9)cccc78)cc6c5c4)cccc23)cc1. The van der Waals surface area contributed by atoms with Crippen LogP contribution >= 0.6 is 0 Å². The zero-order valence-corrected chi connectivity index (χ0v) is 30.3. The predicted octanol–water partition coefficient (Wildman–Crippen LogP) is 15.6. The lowest BCUT2D eigenvalue weighted by atomic mass is 9.90. The van der Waals surface area contributed by atoms with Crippen LogP contribution in [0.2, 0.25) is 0 Å². The van der Waals surface area contributed by atoms with Crippen LogP contribution in [0.25, 0.3) is 121 Å². The molecule has 2 heterocycles. The van der Waals surface area contributed by atoms with Gasteiger partial charge in [-0.05, 0) is 66.7 Å². The molecule has 56 heavy (non-hydrogen) atoms. The van der Waals surface area contributed by atoms with E-state index < -0.39 is 0 Å². The first kappa shape index (κ1) is 31.0. The van der Waals surface area contributed by atoms with Gasteiger partial charge in [-0.15, -0.1) is 0 Å². The molecule has 0 bridgehead atoms. The van der Waals surface area contributed by atoms with Gasteiger partial charge in [0.25, 0.3) is 0 Å². The van der Waals surface area contributed by atoms with Crippen LogP contribution in [-0.4, -0.2) is 0 Å². The first-order valence-electron chi connectivity index (χ1n) is 19.2. The zero-order valence-electron chi connectivity index (χ0n) is 30.3. The summed E-state index contributed by atoms with van der Waals surface area (Å²) in [5, 5.41) is 11.9. The van der Waals surface area contributed by atoms with Gasteiger partial charge in [0.15, 0.2) is 0 Å². The molecule has 10 aromatic carbocycles. The van der Waals surface area contributed by atoms with Crippen molar-refractivity contribution in [1.29, 1.82) is 0 Å². The van der Waals surface area contributed by atoms with Crippen molar-refractivity contribution >= 4 is 76.2 Å². The molecule has 0 saturated carbocycles. The lowest BCUT2D eigenvalue weighted by Gasteiger charge is -2.14. The summed E-state index contributed by atoms with van der Waals surface area (Å²) in [7, 11) is 0. The number of rotatable bonds is 4. The maximum Gasteiger partial charge on any atom is 0.143 e. The Labute approximate surface area is 322 Å². The summed E-state index contributed by atoms with van der Waals surface area (Å²) in [4.78, 5) is 0. The van der Waals surface area contributed by atoms with Crippen LogP contribution in [-0.2, 0) is 0 Å². The smallest absolute Gasteiger partial charge is 0.143 e. The fourth-order valence-corrected chi connectivity index (χ4v) is 9.08. The van der Waals surface area contributed by atoms with E-state index in [1.807, 2.05) is 0 Å². The standard InChI is InChI=1S/C54H32O2/c1-3-13-33(14-4-1)37-19-9-23-45-47-25-11-21-39(53(47)55-51(37)45)35-27-29-43-41-17-7-8-18-42(41)44-30-28-36(32-50(44)49(43)31-35)40-22-12-26-48-46-24-10-20-38(52(46)56-54(40)48)34-15-5-2-6-16-34/h1-32H. The molecule has 0 N–H and O–H groups in total. The van der Waals surface area contributed by atoms with E-state index in [2.05, 4.69) is 194 Å². The molecular weight excluding hydrogens is 681 g/mol. The average Bonchev–Trinajstić information content (AvgIpc) is 3.86. The minimum absolute atomic E-state index is 0.905. The summed E-state index contributed by atoms with van der Waals surface area (Å²) < 4.78 is 13.7. The average molecular weight is 713 g/mol. The van der Waals surface area contributed by atoms with Crippen molar-refractivity contribution in [3.05, 3.63) is 194 Å². The van der Waals surface area contributed by atoms with Crippen LogP contribution in [0, 0.1) is 0 Å². The van der Waals surface area contributed by atoms with Crippen LogP contribution in [0.3, 0.4) is 0 Å². The minimum atomic E-state index is 0.905. The number of fused-ring (bicyclic) bond motifs is 12. The van der Waals surface area contributed by atoms with Crippen molar-refractivity contribution in [3.63, 3.8) is 0 Å². The third-order valence-corrected chi connectivity index (χ3v) is 11.7. The molecule has 12 rings (SSSR count). The predicted molar refractivity (Wildman–Crippen MR) is 235 cm³/mol. The van der Waals surface area contributed by atoms with Crippen LogP contribution in [0.15, 0.2) is 203 Å². The number of furan rings is 2. The Morgan fingerprint density at radius 2 is 0.500 bits per heavy atom. The Kier molecular flexibility index (Phi) is 6.66. The monoisotopic (exact) mass is 712 g/mol. The molecule has 0 aliphatic rings. The van der Waals surface area contributed by atoms with Gasteiger partial charge in [-0.1, -0.05) is 182 Å². The lowest BCUT2D eigenvalue weighted by Crippen LogP contribution is -1.87. The highest BCUT2D eigenvalue weighted by Crippen LogP contribution is 2.45. The molecule has 0 amide bonds. The van der Waals surface area contributed by atoms with Crippen molar-refractivity contribution in [2.75, 3.05) is 0 Å². The molecule has 0 atom stereocenters. The molecule has 0 spiro atoms. The second kappa shape index (κ2) is 12.0. The number of benzene rings is 10. The molecule has 12 aromatic rings. The summed E-state index contributed by atoms with van der Waals surface area (Å²) in [6, 6.07) is 69.5. The van der Waals surface area contributed by atoms with Gasteiger partial charge in [-0.25, -0.2) is 0 Å². The molecule has 2 nitrogen and oxygen atoms in total. The van der Waals surface area contributed by atoms with Gasteiger partial charge in [0.1, 0.15) is 22.3 Å². The molecule has 2 aromatic heterocycles. The highest BCUT2D eigenvalue weighted by Gasteiger charge is 2.19. The van der Waals surface area contributed by atoms with Gasteiger partial charge < -0.3 is 8.83 Å². The van der Waals surface area contributed by atoms with Crippen LogP contribution in [0.4, 0.5) is 0 Å². The van der Waals surface area contributed by atoms with Gasteiger partial charge in [-0.3, -0.25) is 0 Å². The Hall–Kier alpha value is -7.42. The van der Waals surface area contributed by atoms with Gasteiger partial charge in [0.05, 0.1) is 0 Å². The van der Waals surface area contributed by atoms with E-state index in [0.717, 1.165) is 88.4 Å². The van der Waals surface area contributed by atoms with Crippen LogP contribution in [0.1, 0.15) is 0 Å². The molecule has 0 aliphatic carbocycles. The van der Waals surface area contributed by atoms with Gasteiger partial charge >= 0.3 is 0 Å². The number of hydrogen-bond donors (Lipinski definition) is 0. The Bertz CT molecular complexity index is 3280. The second-order valence-electron chi connectivity index (χ2n) is 14.7. The maximum atomic E-state index is 6.86. The number of hydrogen-bond acceptors (Lipinski definition) is 2. The summed E-state index contributed by atoms with van der Waals surface area (Å²) in [5.74, 6) is 0. The van der Waals surface area contributed by atoms with Crippen molar-refractivity contribution in [1.82, 2.24) is 0 Å². The van der Waals surface area contributed by atoms with Gasteiger partial charge in [-0.2, -0.15) is 0 Å². The molecule has 260 valence electrons. The molecular formula is C54H32O2. The molecule has 2 heteroatoms. The minimum Gasteiger partial charge on any atom is -0.455 e. The largest absolute Gasteiger partial charge is 0.455 e. The van der Waals surface area contributed by atoms with Crippen LogP contribution < -0.4 is 0 Å². The van der Waals surface area contributed by atoms with Crippen LogP contribution in [0.5, 0.6) is 0 Å². The van der Waals surface area contributed by atoms with Gasteiger partial charge in [0, 0.05) is 43.8 Å². The molecule has 0 unspecified atom stereocenters. The summed E-state index contributed by atoms with van der Waals surface area (Å²) in [6.07, 6.45) is 0. The highest BCUT2D eigenvalue weighted by atomic mass is 16.3. The van der Waals surface area contributed by atoms with E-state index in [4.69, 9.17) is 8.83 Å².